The van der Waals surface area contributed by atoms with Crippen LogP contribution in [0.2, 0.25) is 0 Å². The first-order valence-electron chi connectivity index (χ1n) is 4.73. The molecule has 0 bridgehead atoms. The number of halogens is 1. The predicted octanol–water partition coefficient (Wildman–Crippen LogP) is 2.19. The Morgan fingerprint density at radius 3 is 2.71 bits per heavy atom. The van der Waals surface area contributed by atoms with Gasteiger partial charge in [0.25, 0.3) is 0 Å². The highest BCUT2D eigenvalue weighted by Crippen LogP contribution is 2.12. The van der Waals surface area contributed by atoms with Gasteiger partial charge in [-0.1, -0.05) is 19.9 Å². The van der Waals surface area contributed by atoms with E-state index in [4.69, 9.17) is 10.5 Å². The minimum absolute atomic E-state index is 0.0155. The summed E-state index contributed by atoms with van der Waals surface area (Å²) >= 11 is 0. The molecule has 0 aromatic heterocycles. The van der Waals surface area contributed by atoms with Crippen molar-refractivity contribution in [1.29, 1.82) is 0 Å². The third-order valence-electron chi connectivity index (χ3n) is 2.09. The van der Waals surface area contributed by atoms with E-state index < -0.39 is 0 Å². The summed E-state index contributed by atoms with van der Waals surface area (Å²) in [6, 6.07) is 6.06. The van der Waals surface area contributed by atoms with Crippen molar-refractivity contribution in [2.45, 2.75) is 19.9 Å². The molecule has 78 valence electrons. The van der Waals surface area contributed by atoms with E-state index >= 15 is 0 Å². The molecule has 0 unspecified atom stereocenters. The number of hydrogen-bond acceptors (Lipinski definition) is 2. The summed E-state index contributed by atoms with van der Waals surface area (Å²) in [6.45, 7) is 4.47. The topological polar surface area (TPSA) is 35.2 Å². The molecule has 0 saturated carbocycles. The van der Waals surface area contributed by atoms with Crippen LogP contribution in [-0.4, -0.2) is 12.6 Å². The van der Waals surface area contributed by atoms with Gasteiger partial charge in [-0.3, -0.25) is 0 Å². The molecule has 1 rings (SSSR count). The molecule has 0 aliphatic rings. The highest BCUT2D eigenvalue weighted by atomic mass is 19.1. The molecule has 1 aromatic carbocycles. The van der Waals surface area contributed by atoms with E-state index in [0.717, 1.165) is 0 Å². The van der Waals surface area contributed by atoms with Crippen LogP contribution in [-0.2, 0) is 0 Å². The first kappa shape index (κ1) is 11.0. The summed E-state index contributed by atoms with van der Waals surface area (Å²) in [5.74, 6) is 0.602. The lowest BCUT2D eigenvalue weighted by Crippen LogP contribution is -2.32. The van der Waals surface area contributed by atoms with Crippen LogP contribution >= 0.6 is 0 Å². The smallest absolute Gasteiger partial charge is 0.126 e. The van der Waals surface area contributed by atoms with Crippen LogP contribution < -0.4 is 10.5 Å². The maximum absolute atomic E-state index is 12.7. The SMILES string of the molecule is CC(C)[C@@H](N)COc1cccc(F)c1. The Balaban J connectivity index is 2.45. The van der Waals surface area contributed by atoms with Crippen LogP contribution in [0.1, 0.15) is 13.8 Å². The van der Waals surface area contributed by atoms with Gasteiger partial charge >= 0.3 is 0 Å². The van der Waals surface area contributed by atoms with Gasteiger partial charge in [0, 0.05) is 12.1 Å². The fraction of sp³-hybridized carbons (Fsp3) is 0.455. The number of ether oxygens (including phenoxy) is 1. The van der Waals surface area contributed by atoms with E-state index in [1.807, 2.05) is 13.8 Å². The second-order valence-electron chi connectivity index (χ2n) is 3.68. The summed E-state index contributed by atoms with van der Waals surface area (Å²) in [5, 5.41) is 0. The zero-order valence-electron chi connectivity index (χ0n) is 8.53. The third-order valence-corrected chi connectivity index (χ3v) is 2.09. The lowest BCUT2D eigenvalue weighted by atomic mass is 10.1. The summed E-state index contributed by atoms with van der Waals surface area (Å²) in [7, 11) is 0. The maximum atomic E-state index is 12.7. The number of nitrogens with two attached hydrogens (primary N) is 1. The van der Waals surface area contributed by atoms with E-state index in [-0.39, 0.29) is 11.9 Å². The van der Waals surface area contributed by atoms with Gasteiger partial charge in [0.1, 0.15) is 18.2 Å². The van der Waals surface area contributed by atoms with Gasteiger partial charge in [-0.05, 0) is 18.1 Å². The quantitative estimate of drug-likeness (QED) is 0.803. The van der Waals surface area contributed by atoms with Gasteiger partial charge in [0.2, 0.25) is 0 Å². The molecular formula is C11H16FNO. The van der Waals surface area contributed by atoms with Gasteiger partial charge in [0.05, 0.1) is 0 Å². The van der Waals surface area contributed by atoms with E-state index in [2.05, 4.69) is 0 Å². The van der Waals surface area contributed by atoms with Crippen LogP contribution in [0.3, 0.4) is 0 Å². The standard InChI is InChI=1S/C11H16FNO/c1-8(2)11(13)7-14-10-5-3-4-9(12)6-10/h3-6,8,11H,7,13H2,1-2H3/t11-/m0/s1. The normalized spacial score (nSPS) is 12.9. The van der Waals surface area contributed by atoms with Crippen molar-refractivity contribution in [3.63, 3.8) is 0 Å². The fourth-order valence-corrected chi connectivity index (χ4v) is 0.942. The number of benzene rings is 1. The van der Waals surface area contributed by atoms with Gasteiger partial charge < -0.3 is 10.5 Å². The lowest BCUT2D eigenvalue weighted by Gasteiger charge is -2.16. The zero-order valence-corrected chi connectivity index (χ0v) is 8.53. The van der Waals surface area contributed by atoms with Gasteiger partial charge in [-0.25, -0.2) is 4.39 Å². The summed E-state index contributed by atoms with van der Waals surface area (Å²) < 4.78 is 18.1. The highest BCUT2D eigenvalue weighted by molar-refractivity contribution is 5.22. The molecule has 0 aliphatic heterocycles. The molecule has 1 aromatic rings. The van der Waals surface area contributed by atoms with E-state index in [9.17, 15) is 4.39 Å². The second kappa shape index (κ2) is 4.96. The Bertz CT molecular complexity index is 288. The van der Waals surface area contributed by atoms with Crippen LogP contribution in [0.5, 0.6) is 5.75 Å². The van der Waals surface area contributed by atoms with E-state index in [1.54, 1.807) is 12.1 Å². The molecule has 0 saturated heterocycles. The average molecular weight is 197 g/mol. The van der Waals surface area contributed by atoms with Crippen LogP contribution in [0.15, 0.2) is 24.3 Å². The van der Waals surface area contributed by atoms with Crippen LogP contribution in [0, 0.1) is 11.7 Å². The molecule has 2 N–H and O–H groups in total. The van der Waals surface area contributed by atoms with Gasteiger partial charge in [-0.15, -0.1) is 0 Å². The lowest BCUT2D eigenvalue weighted by molar-refractivity contribution is 0.258. The molecule has 1 atom stereocenters. The number of rotatable bonds is 4. The summed E-state index contributed by atoms with van der Waals surface area (Å²) in [5.41, 5.74) is 5.78. The van der Waals surface area contributed by atoms with Crippen molar-refractivity contribution in [3.05, 3.63) is 30.1 Å². The van der Waals surface area contributed by atoms with Crippen molar-refractivity contribution in [3.8, 4) is 5.75 Å². The molecule has 0 amide bonds. The van der Waals surface area contributed by atoms with Crippen molar-refractivity contribution < 1.29 is 9.13 Å². The molecule has 14 heavy (non-hydrogen) atoms. The van der Waals surface area contributed by atoms with Crippen LogP contribution in [0.25, 0.3) is 0 Å². The summed E-state index contributed by atoms with van der Waals surface area (Å²) in [4.78, 5) is 0. The molecule has 0 heterocycles. The highest BCUT2D eigenvalue weighted by Gasteiger charge is 2.08. The molecule has 0 radical (unpaired) electrons. The Labute approximate surface area is 83.9 Å². The minimum atomic E-state index is -0.291. The Morgan fingerprint density at radius 1 is 1.43 bits per heavy atom. The maximum Gasteiger partial charge on any atom is 0.126 e. The first-order chi connectivity index (χ1) is 6.59. The van der Waals surface area contributed by atoms with Crippen molar-refractivity contribution >= 4 is 0 Å². The van der Waals surface area contributed by atoms with E-state index in [0.29, 0.717) is 18.3 Å². The molecule has 0 fully saturated rings. The third kappa shape index (κ3) is 3.34. The Hall–Kier alpha value is -1.09. The number of hydrogen-bond donors (Lipinski definition) is 1. The molecule has 0 spiro atoms. The summed E-state index contributed by atoms with van der Waals surface area (Å²) in [6.07, 6.45) is 0. The first-order valence-corrected chi connectivity index (χ1v) is 4.73. The van der Waals surface area contributed by atoms with Crippen molar-refractivity contribution in [1.82, 2.24) is 0 Å². The van der Waals surface area contributed by atoms with Crippen LogP contribution in [0.4, 0.5) is 4.39 Å². The van der Waals surface area contributed by atoms with E-state index in [1.165, 1.54) is 12.1 Å². The molecule has 0 aliphatic carbocycles. The molecule has 2 nitrogen and oxygen atoms in total. The minimum Gasteiger partial charge on any atom is -0.492 e. The van der Waals surface area contributed by atoms with Gasteiger partial charge in [0.15, 0.2) is 0 Å². The second-order valence-corrected chi connectivity index (χ2v) is 3.68. The fourth-order valence-electron chi connectivity index (χ4n) is 0.942. The zero-order chi connectivity index (χ0) is 10.6. The van der Waals surface area contributed by atoms with Crippen molar-refractivity contribution in [2.75, 3.05) is 6.61 Å². The average Bonchev–Trinajstić information content (AvgIpc) is 2.14. The molecular weight excluding hydrogens is 181 g/mol. The predicted molar refractivity (Wildman–Crippen MR) is 54.7 cm³/mol. The molecule has 3 heteroatoms. The largest absolute Gasteiger partial charge is 0.492 e. The van der Waals surface area contributed by atoms with Gasteiger partial charge in [-0.2, -0.15) is 0 Å². The Kier molecular flexibility index (Phi) is 3.89. The monoisotopic (exact) mass is 197 g/mol. The van der Waals surface area contributed by atoms with Crippen molar-refractivity contribution in [2.24, 2.45) is 11.7 Å². The Morgan fingerprint density at radius 2 is 2.14 bits per heavy atom.